The maximum atomic E-state index is 5.45. The molecule has 0 aromatic carbocycles. The van der Waals surface area contributed by atoms with Crippen LogP contribution in [0, 0.1) is 5.41 Å². The van der Waals surface area contributed by atoms with Crippen molar-refractivity contribution in [3.05, 3.63) is 0 Å². The van der Waals surface area contributed by atoms with Crippen LogP contribution in [0.25, 0.3) is 0 Å². The third kappa shape index (κ3) is 3.47. The number of hydrogen-bond acceptors (Lipinski definition) is 7. The number of aromatic nitrogens is 3. The van der Waals surface area contributed by atoms with Crippen LogP contribution in [0.1, 0.15) is 33.1 Å². The van der Waals surface area contributed by atoms with Crippen LogP contribution < -0.4 is 21.1 Å². The van der Waals surface area contributed by atoms with Crippen molar-refractivity contribution >= 4 is 17.8 Å². The maximum absolute atomic E-state index is 5.45. The van der Waals surface area contributed by atoms with Gasteiger partial charge in [0.05, 0.1) is 0 Å². The Hall–Kier alpha value is -1.63. The fourth-order valence-electron chi connectivity index (χ4n) is 2.38. The summed E-state index contributed by atoms with van der Waals surface area (Å²) in [6.07, 6.45) is 3.53. The molecule has 112 valence electrons. The lowest BCUT2D eigenvalue weighted by atomic mass is 9.85. The Bertz CT molecular complexity index is 458. The lowest BCUT2D eigenvalue weighted by Crippen LogP contribution is -2.29. The van der Waals surface area contributed by atoms with E-state index in [2.05, 4.69) is 39.1 Å². The van der Waals surface area contributed by atoms with Crippen LogP contribution in [-0.2, 0) is 0 Å². The molecule has 0 amide bonds. The van der Waals surface area contributed by atoms with Crippen LogP contribution in [0.15, 0.2) is 0 Å². The van der Waals surface area contributed by atoms with E-state index in [4.69, 9.17) is 5.84 Å². The van der Waals surface area contributed by atoms with E-state index in [0.29, 0.717) is 23.3 Å². The highest BCUT2D eigenvalue weighted by Crippen LogP contribution is 2.31. The summed E-state index contributed by atoms with van der Waals surface area (Å²) < 4.78 is 0. The van der Waals surface area contributed by atoms with Crippen molar-refractivity contribution in [3.8, 4) is 0 Å². The SMILES string of the molecule is CN(C)c1nc(NN)nc(N2CCCC(C)(C)CC2)n1. The van der Waals surface area contributed by atoms with Crippen molar-refractivity contribution in [1.82, 2.24) is 15.0 Å². The van der Waals surface area contributed by atoms with Gasteiger partial charge in [-0.3, -0.25) is 5.43 Å². The number of hydrogen-bond donors (Lipinski definition) is 2. The van der Waals surface area contributed by atoms with Crippen LogP contribution in [0.3, 0.4) is 0 Å². The summed E-state index contributed by atoms with van der Waals surface area (Å²) in [7, 11) is 3.82. The normalized spacial score (nSPS) is 18.6. The second-order valence-corrected chi connectivity index (χ2v) is 6.30. The Morgan fingerprint density at radius 3 is 2.55 bits per heavy atom. The molecule has 2 heterocycles. The Morgan fingerprint density at radius 1 is 1.15 bits per heavy atom. The van der Waals surface area contributed by atoms with E-state index in [9.17, 15) is 0 Å². The molecule has 0 unspecified atom stereocenters. The smallest absolute Gasteiger partial charge is 0.243 e. The second-order valence-electron chi connectivity index (χ2n) is 6.30. The van der Waals surface area contributed by atoms with Crippen molar-refractivity contribution in [2.75, 3.05) is 42.4 Å². The highest BCUT2D eigenvalue weighted by Gasteiger charge is 2.24. The third-order valence-corrected chi connectivity index (χ3v) is 3.76. The number of rotatable bonds is 3. The van der Waals surface area contributed by atoms with Gasteiger partial charge in [-0.2, -0.15) is 15.0 Å². The molecule has 1 fully saturated rings. The molecule has 0 radical (unpaired) electrons. The summed E-state index contributed by atoms with van der Waals surface area (Å²) >= 11 is 0. The number of nitrogens with one attached hydrogen (secondary N) is 1. The number of nitrogen functional groups attached to an aromatic ring is 1. The third-order valence-electron chi connectivity index (χ3n) is 3.76. The molecule has 1 saturated heterocycles. The van der Waals surface area contributed by atoms with E-state index < -0.39 is 0 Å². The maximum Gasteiger partial charge on any atom is 0.243 e. The van der Waals surface area contributed by atoms with Gasteiger partial charge in [-0.05, 0) is 24.7 Å². The fraction of sp³-hybridized carbons (Fsp3) is 0.769. The minimum Gasteiger partial charge on any atom is -0.347 e. The number of nitrogens with zero attached hydrogens (tertiary/aromatic N) is 5. The van der Waals surface area contributed by atoms with Crippen molar-refractivity contribution in [3.63, 3.8) is 0 Å². The van der Waals surface area contributed by atoms with Crippen LogP contribution in [0.2, 0.25) is 0 Å². The van der Waals surface area contributed by atoms with Gasteiger partial charge < -0.3 is 9.80 Å². The van der Waals surface area contributed by atoms with Gasteiger partial charge in [0.15, 0.2) is 0 Å². The lowest BCUT2D eigenvalue weighted by Gasteiger charge is -2.24. The average Bonchev–Trinajstić information content (AvgIpc) is 2.59. The van der Waals surface area contributed by atoms with E-state index in [1.165, 1.54) is 6.42 Å². The topological polar surface area (TPSA) is 83.2 Å². The first-order chi connectivity index (χ1) is 9.41. The first-order valence-corrected chi connectivity index (χ1v) is 7.06. The molecular weight excluding hydrogens is 254 g/mol. The van der Waals surface area contributed by atoms with Crippen LogP contribution in [0.4, 0.5) is 17.8 Å². The number of hydrazine groups is 1. The monoisotopic (exact) mass is 279 g/mol. The van der Waals surface area contributed by atoms with Gasteiger partial charge in [0.25, 0.3) is 0 Å². The van der Waals surface area contributed by atoms with Gasteiger partial charge in [-0.1, -0.05) is 13.8 Å². The largest absolute Gasteiger partial charge is 0.347 e. The molecule has 1 aliphatic heterocycles. The van der Waals surface area contributed by atoms with Crippen molar-refractivity contribution < 1.29 is 0 Å². The first kappa shape index (κ1) is 14.8. The van der Waals surface area contributed by atoms with Crippen molar-refractivity contribution in [2.24, 2.45) is 11.3 Å². The molecule has 1 aromatic heterocycles. The molecule has 1 aliphatic rings. The molecule has 0 saturated carbocycles. The molecule has 0 aliphatic carbocycles. The second kappa shape index (κ2) is 5.78. The summed E-state index contributed by atoms with van der Waals surface area (Å²) in [6, 6.07) is 0. The van der Waals surface area contributed by atoms with Crippen molar-refractivity contribution in [1.29, 1.82) is 0 Å². The molecule has 1 aromatic rings. The number of anilines is 3. The molecule has 0 atom stereocenters. The predicted octanol–water partition coefficient (Wildman–Crippen LogP) is 1.24. The predicted molar refractivity (Wildman–Crippen MR) is 81.8 cm³/mol. The quantitative estimate of drug-likeness (QED) is 0.636. The molecule has 20 heavy (non-hydrogen) atoms. The van der Waals surface area contributed by atoms with Crippen LogP contribution in [0.5, 0.6) is 0 Å². The minimum absolute atomic E-state index is 0.390. The zero-order chi connectivity index (χ0) is 14.8. The Morgan fingerprint density at radius 2 is 1.90 bits per heavy atom. The van der Waals surface area contributed by atoms with E-state index in [1.54, 1.807) is 0 Å². The van der Waals surface area contributed by atoms with Gasteiger partial charge in [-0.15, -0.1) is 0 Å². The summed E-state index contributed by atoms with van der Waals surface area (Å²) in [5.74, 6) is 7.18. The van der Waals surface area contributed by atoms with Crippen molar-refractivity contribution in [2.45, 2.75) is 33.1 Å². The summed E-state index contributed by atoms with van der Waals surface area (Å²) in [5, 5.41) is 0. The van der Waals surface area contributed by atoms with Gasteiger partial charge in [-0.25, -0.2) is 5.84 Å². The molecule has 3 N–H and O–H groups in total. The minimum atomic E-state index is 0.390. The Kier molecular flexibility index (Phi) is 4.27. The zero-order valence-corrected chi connectivity index (χ0v) is 12.8. The lowest BCUT2D eigenvalue weighted by molar-refractivity contribution is 0.325. The average molecular weight is 279 g/mol. The van der Waals surface area contributed by atoms with Gasteiger partial charge >= 0.3 is 0 Å². The fourth-order valence-corrected chi connectivity index (χ4v) is 2.38. The standard InChI is InChI=1S/C13H25N7/c1-13(2)6-5-8-20(9-7-13)12-16-10(18-14)15-11(17-12)19(3)4/h5-9,14H2,1-4H3,(H,15,16,17,18). The summed E-state index contributed by atoms with van der Waals surface area (Å²) in [5.41, 5.74) is 2.91. The van der Waals surface area contributed by atoms with Crippen LogP contribution >= 0.6 is 0 Å². The molecule has 7 heteroatoms. The molecular formula is C13H25N7. The van der Waals surface area contributed by atoms with E-state index in [0.717, 1.165) is 25.9 Å². The molecule has 0 spiro atoms. The zero-order valence-electron chi connectivity index (χ0n) is 12.8. The molecule has 0 bridgehead atoms. The first-order valence-electron chi connectivity index (χ1n) is 7.06. The highest BCUT2D eigenvalue weighted by atomic mass is 15.4. The Balaban J connectivity index is 2.25. The Labute approximate surface area is 120 Å². The highest BCUT2D eigenvalue weighted by molar-refractivity contribution is 5.44. The van der Waals surface area contributed by atoms with Gasteiger partial charge in [0, 0.05) is 27.2 Å². The summed E-state index contributed by atoms with van der Waals surface area (Å²) in [6.45, 7) is 6.59. The summed E-state index contributed by atoms with van der Waals surface area (Å²) in [4.78, 5) is 17.2. The van der Waals surface area contributed by atoms with Crippen LogP contribution in [-0.4, -0.2) is 42.1 Å². The van der Waals surface area contributed by atoms with Gasteiger partial charge in [0.2, 0.25) is 17.8 Å². The molecule has 2 rings (SSSR count). The molecule has 7 nitrogen and oxygen atoms in total. The van der Waals surface area contributed by atoms with E-state index >= 15 is 0 Å². The van der Waals surface area contributed by atoms with E-state index in [1.807, 2.05) is 19.0 Å². The van der Waals surface area contributed by atoms with Gasteiger partial charge in [0.1, 0.15) is 0 Å². The van der Waals surface area contributed by atoms with E-state index in [-0.39, 0.29) is 0 Å². The number of nitrogens with two attached hydrogens (primary N) is 1.